The summed E-state index contributed by atoms with van der Waals surface area (Å²) >= 11 is 0. The van der Waals surface area contributed by atoms with Gasteiger partial charge in [0.25, 0.3) is 0 Å². The Morgan fingerprint density at radius 3 is 2.90 bits per heavy atom. The summed E-state index contributed by atoms with van der Waals surface area (Å²) in [6.45, 7) is 6.36. The quantitative estimate of drug-likeness (QED) is 0.851. The number of ether oxygens (including phenoxy) is 1. The maximum absolute atomic E-state index is 11.5. The summed E-state index contributed by atoms with van der Waals surface area (Å²) in [5, 5.41) is 7.45. The number of hydrogen-bond donors (Lipinski definition) is 1. The Hall–Kier alpha value is -2.24. The Morgan fingerprint density at radius 1 is 1.55 bits per heavy atom. The van der Waals surface area contributed by atoms with Gasteiger partial charge in [-0.15, -0.1) is 0 Å². The van der Waals surface area contributed by atoms with E-state index in [-0.39, 0.29) is 5.97 Å². The van der Waals surface area contributed by atoms with Crippen LogP contribution < -0.4 is 5.32 Å². The highest BCUT2D eigenvalue weighted by atomic mass is 16.5. The molecule has 0 radical (unpaired) electrons. The average molecular weight is 277 g/mol. The number of hydrogen-bond acceptors (Lipinski definition) is 5. The van der Waals surface area contributed by atoms with Crippen molar-refractivity contribution in [2.45, 2.75) is 33.4 Å². The normalized spacial score (nSPS) is 10.8. The number of esters is 1. The predicted molar refractivity (Wildman–Crippen MR) is 74.7 cm³/mol. The van der Waals surface area contributed by atoms with Gasteiger partial charge in [0.2, 0.25) is 0 Å². The van der Waals surface area contributed by atoms with Gasteiger partial charge in [-0.3, -0.25) is 4.68 Å². The summed E-state index contributed by atoms with van der Waals surface area (Å²) in [6, 6.07) is 2.02. The van der Waals surface area contributed by atoms with Gasteiger partial charge in [-0.25, -0.2) is 4.79 Å². The number of carbonyl (C=O) groups is 1. The highest BCUT2D eigenvalue weighted by Gasteiger charge is 2.15. The van der Waals surface area contributed by atoms with Crippen molar-refractivity contribution in [3.8, 4) is 0 Å². The third kappa shape index (κ3) is 3.01. The monoisotopic (exact) mass is 277 g/mol. The maximum atomic E-state index is 11.5. The van der Waals surface area contributed by atoms with Gasteiger partial charge in [0.1, 0.15) is 17.1 Å². The predicted octanol–water partition coefficient (Wildman–Crippen LogP) is 2.76. The van der Waals surface area contributed by atoms with Crippen LogP contribution >= 0.6 is 0 Å². The van der Waals surface area contributed by atoms with Crippen LogP contribution in [0.4, 0.5) is 5.69 Å². The van der Waals surface area contributed by atoms with Crippen LogP contribution in [-0.4, -0.2) is 22.9 Å². The molecule has 0 saturated heterocycles. The molecule has 108 valence electrons. The van der Waals surface area contributed by atoms with Gasteiger partial charge in [-0.1, -0.05) is 0 Å². The number of nitrogens with zero attached hydrogens (tertiary/aromatic N) is 2. The van der Waals surface area contributed by atoms with Crippen LogP contribution in [0.3, 0.4) is 0 Å². The molecule has 0 atom stereocenters. The molecule has 0 aliphatic heterocycles. The summed E-state index contributed by atoms with van der Waals surface area (Å²) in [6.07, 6.45) is 3.69. The summed E-state index contributed by atoms with van der Waals surface area (Å²) in [5.74, 6) is 0.858. The second kappa shape index (κ2) is 5.81. The van der Waals surface area contributed by atoms with Crippen molar-refractivity contribution < 1.29 is 13.9 Å². The topological polar surface area (TPSA) is 69.3 Å². The van der Waals surface area contributed by atoms with Gasteiger partial charge < -0.3 is 14.5 Å². The molecule has 20 heavy (non-hydrogen) atoms. The van der Waals surface area contributed by atoms with Crippen LogP contribution in [0.2, 0.25) is 0 Å². The molecule has 0 saturated carbocycles. The van der Waals surface area contributed by atoms with Crippen molar-refractivity contribution in [2.75, 3.05) is 12.4 Å². The van der Waals surface area contributed by atoms with Crippen LogP contribution in [0, 0.1) is 6.92 Å². The zero-order valence-electron chi connectivity index (χ0n) is 12.1. The SMILES string of the molecule is COC(=O)c1cc(CNc2cnn(C(C)C)c2)oc1C. The largest absolute Gasteiger partial charge is 0.465 e. The molecule has 2 aromatic rings. The molecule has 2 heterocycles. The fourth-order valence-electron chi connectivity index (χ4n) is 1.84. The van der Waals surface area contributed by atoms with Crippen LogP contribution in [0.15, 0.2) is 22.9 Å². The lowest BCUT2D eigenvalue weighted by molar-refractivity contribution is 0.0599. The first kappa shape index (κ1) is 14.2. The molecule has 0 unspecified atom stereocenters. The number of methoxy groups -OCH3 is 1. The number of aryl methyl sites for hydroxylation is 1. The summed E-state index contributed by atoms with van der Waals surface area (Å²) in [5.41, 5.74) is 1.37. The minimum atomic E-state index is -0.384. The Bertz CT molecular complexity index is 599. The summed E-state index contributed by atoms with van der Waals surface area (Å²) in [7, 11) is 1.35. The van der Waals surface area contributed by atoms with E-state index in [2.05, 4.69) is 24.3 Å². The van der Waals surface area contributed by atoms with Crippen molar-refractivity contribution in [1.29, 1.82) is 0 Å². The van der Waals surface area contributed by atoms with Crippen molar-refractivity contribution >= 4 is 11.7 Å². The molecule has 0 bridgehead atoms. The van der Waals surface area contributed by atoms with Crippen LogP contribution in [0.25, 0.3) is 0 Å². The van der Waals surface area contributed by atoms with Gasteiger partial charge in [0.15, 0.2) is 0 Å². The molecular weight excluding hydrogens is 258 g/mol. The molecule has 6 heteroatoms. The van der Waals surface area contributed by atoms with Gasteiger partial charge in [-0.2, -0.15) is 5.10 Å². The van der Waals surface area contributed by atoms with E-state index in [0.29, 0.717) is 29.7 Å². The molecule has 0 spiro atoms. The van der Waals surface area contributed by atoms with Crippen LogP contribution in [0.1, 0.15) is 41.8 Å². The van der Waals surface area contributed by atoms with Crippen molar-refractivity contribution in [3.05, 3.63) is 35.5 Å². The number of anilines is 1. The number of aromatic nitrogens is 2. The standard InChI is InChI=1S/C14H19N3O3/c1-9(2)17-8-11(6-16-17)15-7-12-5-13(10(3)20-12)14(18)19-4/h5-6,8-9,15H,7H2,1-4H3. The second-order valence-electron chi connectivity index (χ2n) is 4.83. The van der Waals surface area contributed by atoms with Gasteiger partial charge in [0, 0.05) is 12.2 Å². The fourth-order valence-corrected chi connectivity index (χ4v) is 1.84. The first-order valence-electron chi connectivity index (χ1n) is 6.47. The summed E-state index contributed by atoms with van der Waals surface area (Å²) < 4.78 is 12.1. The number of rotatable bonds is 5. The van der Waals surface area contributed by atoms with E-state index in [4.69, 9.17) is 9.15 Å². The van der Waals surface area contributed by atoms with E-state index in [0.717, 1.165) is 5.69 Å². The van der Waals surface area contributed by atoms with E-state index < -0.39 is 0 Å². The minimum Gasteiger partial charge on any atom is -0.465 e. The van der Waals surface area contributed by atoms with E-state index in [1.54, 1.807) is 19.2 Å². The fraction of sp³-hybridized carbons (Fsp3) is 0.429. The highest BCUT2D eigenvalue weighted by Crippen LogP contribution is 2.17. The molecule has 2 rings (SSSR count). The lowest BCUT2D eigenvalue weighted by Crippen LogP contribution is -2.01. The third-order valence-corrected chi connectivity index (χ3v) is 2.97. The molecule has 1 N–H and O–H groups in total. The summed E-state index contributed by atoms with van der Waals surface area (Å²) in [4.78, 5) is 11.5. The second-order valence-corrected chi connectivity index (χ2v) is 4.83. The third-order valence-electron chi connectivity index (χ3n) is 2.97. The van der Waals surface area contributed by atoms with Crippen molar-refractivity contribution in [1.82, 2.24) is 9.78 Å². The average Bonchev–Trinajstić information content (AvgIpc) is 3.02. The van der Waals surface area contributed by atoms with Gasteiger partial charge in [0.05, 0.1) is 25.5 Å². The maximum Gasteiger partial charge on any atom is 0.341 e. The van der Waals surface area contributed by atoms with Crippen molar-refractivity contribution in [3.63, 3.8) is 0 Å². The van der Waals surface area contributed by atoms with Crippen molar-refractivity contribution in [2.24, 2.45) is 0 Å². The number of carbonyl (C=O) groups excluding carboxylic acids is 1. The Morgan fingerprint density at radius 2 is 2.30 bits per heavy atom. The van der Waals surface area contributed by atoms with E-state index in [1.807, 2.05) is 10.9 Å². The number of nitrogens with one attached hydrogen (secondary N) is 1. The first-order chi connectivity index (χ1) is 9.51. The molecular formula is C14H19N3O3. The van der Waals surface area contributed by atoms with Gasteiger partial charge in [-0.05, 0) is 26.8 Å². The Kier molecular flexibility index (Phi) is 4.12. The zero-order chi connectivity index (χ0) is 14.7. The van der Waals surface area contributed by atoms with Crippen LogP contribution in [-0.2, 0) is 11.3 Å². The van der Waals surface area contributed by atoms with E-state index in [9.17, 15) is 4.79 Å². The van der Waals surface area contributed by atoms with Gasteiger partial charge >= 0.3 is 5.97 Å². The number of furan rings is 1. The molecule has 0 fully saturated rings. The first-order valence-corrected chi connectivity index (χ1v) is 6.47. The molecule has 0 aliphatic carbocycles. The molecule has 0 amide bonds. The molecule has 2 aromatic heterocycles. The lowest BCUT2D eigenvalue weighted by Gasteiger charge is -2.03. The van der Waals surface area contributed by atoms with E-state index >= 15 is 0 Å². The molecule has 0 aliphatic rings. The van der Waals surface area contributed by atoms with Crippen LogP contribution in [0.5, 0.6) is 0 Å². The molecule has 0 aromatic carbocycles. The zero-order valence-corrected chi connectivity index (χ0v) is 12.1. The highest BCUT2D eigenvalue weighted by molar-refractivity contribution is 5.90. The minimum absolute atomic E-state index is 0.322. The smallest absolute Gasteiger partial charge is 0.341 e. The Balaban J connectivity index is 2.01. The molecule has 6 nitrogen and oxygen atoms in total. The Labute approximate surface area is 117 Å². The lowest BCUT2D eigenvalue weighted by atomic mass is 10.2. The van der Waals surface area contributed by atoms with E-state index in [1.165, 1.54) is 7.11 Å².